The van der Waals surface area contributed by atoms with Crippen LogP contribution in [0.2, 0.25) is 0 Å². The zero-order valence-electron chi connectivity index (χ0n) is 12.0. The van der Waals surface area contributed by atoms with Gasteiger partial charge in [0.2, 0.25) is 0 Å². The first-order valence-corrected chi connectivity index (χ1v) is 6.58. The second-order valence-electron chi connectivity index (χ2n) is 4.53. The van der Waals surface area contributed by atoms with Crippen LogP contribution in [0.3, 0.4) is 0 Å². The minimum atomic E-state index is -0.584. The summed E-state index contributed by atoms with van der Waals surface area (Å²) < 4.78 is 0. The topological polar surface area (TPSA) is 88.4 Å². The van der Waals surface area contributed by atoms with Gasteiger partial charge in [-0.15, -0.1) is 0 Å². The van der Waals surface area contributed by atoms with Crippen LogP contribution in [0, 0.1) is 10.1 Å². The molecule has 0 fully saturated rings. The maximum absolute atomic E-state index is 12.3. The largest absolute Gasteiger partial charge is 0.373 e. The molecule has 20 heavy (non-hydrogen) atoms. The first-order chi connectivity index (χ1) is 9.51. The second kappa shape index (κ2) is 7.42. The van der Waals surface area contributed by atoms with Crippen LogP contribution < -0.4 is 5.32 Å². The van der Waals surface area contributed by atoms with E-state index in [0.717, 1.165) is 25.5 Å². The van der Waals surface area contributed by atoms with E-state index in [1.54, 1.807) is 14.1 Å². The summed E-state index contributed by atoms with van der Waals surface area (Å²) >= 11 is 0. The lowest BCUT2D eigenvalue weighted by Crippen LogP contribution is -2.28. The van der Waals surface area contributed by atoms with E-state index >= 15 is 0 Å². The van der Waals surface area contributed by atoms with E-state index in [-0.39, 0.29) is 17.2 Å². The lowest BCUT2D eigenvalue weighted by atomic mass is 10.2. The number of nitrogens with zero attached hydrogens (tertiary/aromatic N) is 3. The molecule has 0 spiro atoms. The van der Waals surface area contributed by atoms with Crippen molar-refractivity contribution in [2.45, 2.75) is 26.2 Å². The van der Waals surface area contributed by atoms with Crippen LogP contribution in [0.5, 0.6) is 0 Å². The summed E-state index contributed by atoms with van der Waals surface area (Å²) in [6.07, 6.45) is 4.08. The van der Waals surface area contributed by atoms with Gasteiger partial charge in [-0.3, -0.25) is 14.9 Å². The van der Waals surface area contributed by atoms with Crippen LogP contribution in [0.15, 0.2) is 12.3 Å². The molecule has 1 rings (SSSR count). The number of carbonyl (C=O) groups is 1. The van der Waals surface area contributed by atoms with Crippen LogP contribution in [0.1, 0.15) is 36.5 Å². The van der Waals surface area contributed by atoms with Gasteiger partial charge < -0.3 is 10.2 Å². The van der Waals surface area contributed by atoms with Crippen molar-refractivity contribution in [3.05, 3.63) is 27.9 Å². The normalized spacial score (nSPS) is 10.2. The Balaban J connectivity index is 2.97. The van der Waals surface area contributed by atoms with Crippen LogP contribution in [-0.2, 0) is 0 Å². The highest BCUT2D eigenvalue weighted by molar-refractivity contribution is 5.98. The minimum absolute atomic E-state index is 0.0633. The Morgan fingerprint density at radius 1 is 1.50 bits per heavy atom. The number of rotatable bonds is 7. The number of hydrogen-bond acceptors (Lipinski definition) is 5. The summed E-state index contributed by atoms with van der Waals surface area (Å²) in [5, 5.41) is 13.8. The number of aromatic nitrogens is 1. The van der Waals surface area contributed by atoms with Gasteiger partial charge in [0, 0.05) is 26.7 Å². The molecule has 0 atom stereocenters. The molecule has 0 saturated carbocycles. The van der Waals surface area contributed by atoms with Crippen molar-refractivity contribution in [1.29, 1.82) is 0 Å². The Kier molecular flexibility index (Phi) is 5.89. The molecule has 0 radical (unpaired) electrons. The third kappa shape index (κ3) is 3.91. The molecule has 1 aromatic rings. The molecule has 0 bridgehead atoms. The number of nitrogens with one attached hydrogen (secondary N) is 1. The predicted octanol–water partition coefficient (Wildman–Crippen LogP) is 2.29. The molecule has 1 aromatic heterocycles. The Morgan fingerprint density at radius 2 is 2.20 bits per heavy atom. The molecule has 110 valence electrons. The van der Waals surface area contributed by atoms with Crippen molar-refractivity contribution in [3.63, 3.8) is 0 Å². The average Bonchev–Trinajstić information content (AvgIpc) is 2.45. The van der Waals surface area contributed by atoms with Crippen molar-refractivity contribution in [3.8, 4) is 0 Å². The van der Waals surface area contributed by atoms with Gasteiger partial charge in [0.15, 0.2) is 0 Å². The van der Waals surface area contributed by atoms with Crippen LogP contribution in [0.4, 0.5) is 11.5 Å². The molecule has 0 aliphatic heterocycles. The number of hydrogen-bond donors (Lipinski definition) is 1. The van der Waals surface area contributed by atoms with E-state index in [1.165, 1.54) is 11.0 Å². The highest BCUT2D eigenvalue weighted by Gasteiger charge is 2.23. The predicted molar refractivity (Wildman–Crippen MR) is 76.9 cm³/mol. The van der Waals surface area contributed by atoms with Crippen molar-refractivity contribution in [2.24, 2.45) is 0 Å². The summed E-state index contributed by atoms with van der Waals surface area (Å²) in [6.45, 7) is 2.66. The molecule has 1 amide bonds. The van der Waals surface area contributed by atoms with Crippen molar-refractivity contribution in [2.75, 3.05) is 26.0 Å². The number of nitro groups is 1. The van der Waals surface area contributed by atoms with E-state index in [1.807, 2.05) is 0 Å². The number of carbonyl (C=O) groups excluding carboxylic acids is 1. The zero-order chi connectivity index (χ0) is 15.1. The smallest absolute Gasteiger partial charge is 0.300 e. The fourth-order valence-corrected chi connectivity index (χ4v) is 1.81. The maximum Gasteiger partial charge on any atom is 0.300 e. The fourth-order valence-electron chi connectivity index (χ4n) is 1.81. The van der Waals surface area contributed by atoms with Gasteiger partial charge in [0.1, 0.15) is 17.6 Å². The summed E-state index contributed by atoms with van der Waals surface area (Å²) in [5.41, 5.74) is -0.204. The highest BCUT2D eigenvalue weighted by atomic mass is 16.6. The van der Waals surface area contributed by atoms with Crippen LogP contribution in [-0.4, -0.2) is 41.4 Å². The first-order valence-electron chi connectivity index (χ1n) is 6.58. The molecular formula is C13H20N4O3. The van der Waals surface area contributed by atoms with Gasteiger partial charge in [0.25, 0.3) is 11.6 Å². The lowest BCUT2D eigenvalue weighted by Gasteiger charge is -2.17. The standard InChI is InChI=1S/C13H20N4O3/c1-4-5-6-7-16(3)13(18)10-8-12(14-2)15-9-11(10)17(19)20/h8-9H,4-7H2,1-3H3,(H,14,15). The fraction of sp³-hybridized carbons (Fsp3) is 0.538. The monoisotopic (exact) mass is 280 g/mol. The minimum Gasteiger partial charge on any atom is -0.373 e. The zero-order valence-corrected chi connectivity index (χ0v) is 12.0. The van der Waals surface area contributed by atoms with E-state index in [9.17, 15) is 14.9 Å². The van der Waals surface area contributed by atoms with E-state index in [0.29, 0.717) is 12.4 Å². The molecule has 0 aromatic carbocycles. The van der Waals surface area contributed by atoms with Gasteiger partial charge in [0.05, 0.1) is 4.92 Å². The Bertz CT molecular complexity index is 491. The molecule has 7 heteroatoms. The molecule has 1 N–H and O–H groups in total. The summed E-state index contributed by atoms with van der Waals surface area (Å²) in [4.78, 5) is 28.1. The molecule has 0 saturated heterocycles. The Hall–Kier alpha value is -2.18. The summed E-state index contributed by atoms with van der Waals surface area (Å²) in [7, 11) is 3.30. The van der Waals surface area contributed by atoms with Crippen LogP contribution in [0.25, 0.3) is 0 Å². The number of pyridine rings is 1. The van der Waals surface area contributed by atoms with Crippen molar-refractivity contribution in [1.82, 2.24) is 9.88 Å². The quantitative estimate of drug-likeness (QED) is 0.470. The molecule has 1 heterocycles. The van der Waals surface area contributed by atoms with Gasteiger partial charge in [-0.05, 0) is 6.42 Å². The van der Waals surface area contributed by atoms with E-state index in [4.69, 9.17) is 0 Å². The number of anilines is 1. The highest BCUT2D eigenvalue weighted by Crippen LogP contribution is 2.21. The van der Waals surface area contributed by atoms with Crippen molar-refractivity contribution < 1.29 is 9.72 Å². The Labute approximate surface area is 118 Å². The molecule has 0 aliphatic rings. The Morgan fingerprint density at radius 3 is 2.75 bits per heavy atom. The lowest BCUT2D eigenvalue weighted by molar-refractivity contribution is -0.385. The van der Waals surface area contributed by atoms with Crippen LogP contribution >= 0.6 is 0 Å². The molecule has 0 unspecified atom stereocenters. The molecule has 0 aliphatic carbocycles. The van der Waals surface area contributed by atoms with Gasteiger partial charge >= 0.3 is 0 Å². The van der Waals surface area contributed by atoms with E-state index < -0.39 is 4.92 Å². The second-order valence-corrected chi connectivity index (χ2v) is 4.53. The SMILES string of the molecule is CCCCCN(C)C(=O)c1cc(NC)ncc1[N+](=O)[O-]. The first kappa shape index (κ1) is 15.9. The van der Waals surface area contributed by atoms with Crippen molar-refractivity contribution >= 4 is 17.4 Å². The van der Waals surface area contributed by atoms with Gasteiger partial charge in [-0.2, -0.15) is 0 Å². The average molecular weight is 280 g/mol. The van der Waals surface area contributed by atoms with E-state index in [2.05, 4.69) is 17.2 Å². The number of unbranched alkanes of at least 4 members (excludes halogenated alkanes) is 2. The van der Waals surface area contributed by atoms with Gasteiger partial charge in [-0.25, -0.2) is 4.98 Å². The molecule has 7 nitrogen and oxygen atoms in total. The number of amides is 1. The molecular weight excluding hydrogens is 260 g/mol. The maximum atomic E-state index is 12.3. The summed E-state index contributed by atoms with van der Waals surface area (Å²) in [5.74, 6) is 0.0765. The summed E-state index contributed by atoms with van der Waals surface area (Å²) in [6, 6.07) is 1.41. The third-order valence-corrected chi connectivity index (χ3v) is 3.01. The van der Waals surface area contributed by atoms with Gasteiger partial charge in [-0.1, -0.05) is 19.8 Å². The third-order valence-electron chi connectivity index (χ3n) is 3.01.